The Balaban J connectivity index is 1.28. The molecule has 3 amide bonds. The van der Waals surface area contributed by atoms with E-state index in [2.05, 4.69) is 16.0 Å². The van der Waals surface area contributed by atoms with Crippen LogP contribution < -0.4 is 20.7 Å². The molecule has 1 aromatic heterocycles. The largest absolute Gasteiger partial charge is 0.496 e. The van der Waals surface area contributed by atoms with Crippen LogP contribution in [-0.4, -0.2) is 43.2 Å². The Morgan fingerprint density at radius 2 is 1.63 bits per heavy atom. The molecule has 1 heterocycles. The van der Waals surface area contributed by atoms with Gasteiger partial charge in [-0.15, -0.1) is 23.1 Å². The van der Waals surface area contributed by atoms with Crippen LogP contribution in [-0.2, 0) is 27.2 Å². The van der Waals surface area contributed by atoms with E-state index in [1.54, 1.807) is 73.7 Å². The maximum absolute atomic E-state index is 13.6. The third kappa shape index (κ3) is 9.61. The number of rotatable bonds is 12. The van der Waals surface area contributed by atoms with Crippen LogP contribution in [0.1, 0.15) is 69.3 Å². The first kappa shape index (κ1) is 35.4. The number of hydrogen-bond donors (Lipinski definition) is 3. The zero-order valence-corrected chi connectivity index (χ0v) is 29.1. The van der Waals surface area contributed by atoms with Gasteiger partial charge in [0, 0.05) is 26.6 Å². The molecule has 3 N–H and O–H groups in total. The molecule has 4 aromatic rings. The number of anilines is 2. The first-order chi connectivity index (χ1) is 23.9. The van der Waals surface area contributed by atoms with Crippen LogP contribution in [0.25, 0.3) is 6.08 Å². The van der Waals surface area contributed by atoms with Gasteiger partial charge >= 0.3 is 5.97 Å². The number of amides is 3. The zero-order chi connectivity index (χ0) is 34.6. The minimum atomic E-state index is -0.533. The van der Waals surface area contributed by atoms with Gasteiger partial charge in [0.15, 0.2) is 0 Å². The number of carbonyl (C=O) groups excluding carboxylic acids is 4. The molecular formula is C38H39N3O6S2. The number of fused-ring (bicyclic) bond motifs is 1. The summed E-state index contributed by atoms with van der Waals surface area (Å²) in [7, 11) is 1.54. The average molecular weight is 698 g/mol. The Kier molecular flexibility index (Phi) is 12.7. The minimum Gasteiger partial charge on any atom is -0.496 e. The van der Waals surface area contributed by atoms with Crippen LogP contribution in [0.4, 0.5) is 10.7 Å². The monoisotopic (exact) mass is 697 g/mol. The van der Waals surface area contributed by atoms with Crippen LogP contribution >= 0.6 is 23.1 Å². The number of aryl methyl sites for hydroxylation is 1. The Hall–Kier alpha value is -4.87. The molecule has 0 fully saturated rings. The molecular weight excluding hydrogens is 659 g/mol. The van der Waals surface area contributed by atoms with Crippen molar-refractivity contribution in [3.05, 3.63) is 112 Å². The number of hydrogen-bond acceptors (Lipinski definition) is 8. The fraction of sp³-hybridized carbons (Fsp3) is 0.263. The number of thioether (sulfide) groups is 1. The number of carbonyl (C=O) groups is 4. The fourth-order valence-corrected chi connectivity index (χ4v) is 7.53. The highest BCUT2D eigenvalue weighted by molar-refractivity contribution is 8.00. The maximum atomic E-state index is 13.6. The number of para-hydroxylation sites is 1. The van der Waals surface area contributed by atoms with Gasteiger partial charge in [0.1, 0.15) is 16.4 Å². The van der Waals surface area contributed by atoms with Gasteiger partial charge in [0.05, 0.1) is 25.0 Å². The molecule has 0 spiro atoms. The number of ether oxygens (including phenoxy) is 2. The summed E-state index contributed by atoms with van der Waals surface area (Å²) >= 11 is 2.78. The van der Waals surface area contributed by atoms with Crippen LogP contribution in [0, 0.1) is 0 Å². The summed E-state index contributed by atoms with van der Waals surface area (Å²) < 4.78 is 10.8. The molecule has 0 radical (unpaired) electrons. The third-order valence-corrected chi connectivity index (χ3v) is 10.0. The van der Waals surface area contributed by atoms with Gasteiger partial charge in [-0.2, -0.15) is 0 Å². The highest BCUT2D eigenvalue weighted by atomic mass is 32.2. The van der Waals surface area contributed by atoms with Crippen molar-refractivity contribution in [1.29, 1.82) is 0 Å². The molecule has 0 saturated carbocycles. The first-order valence-corrected chi connectivity index (χ1v) is 18.0. The summed E-state index contributed by atoms with van der Waals surface area (Å²) in [5, 5.41) is 9.13. The van der Waals surface area contributed by atoms with Gasteiger partial charge < -0.3 is 25.4 Å². The molecule has 1 aliphatic rings. The lowest BCUT2D eigenvalue weighted by Crippen LogP contribution is -2.30. The van der Waals surface area contributed by atoms with E-state index in [1.807, 2.05) is 18.2 Å². The smallest absolute Gasteiger partial charge is 0.341 e. The van der Waals surface area contributed by atoms with Gasteiger partial charge in [0.2, 0.25) is 5.91 Å². The lowest BCUT2D eigenvalue weighted by molar-refractivity contribution is -0.114. The van der Waals surface area contributed by atoms with Crippen molar-refractivity contribution in [2.75, 3.05) is 30.1 Å². The van der Waals surface area contributed by atoms with Crippen molar-refractivity contribution >= 4 is 63.6 Å². The molecule has 49 heavy (non-hydrogen) atoms. The fourth-order valence-electron chi connectivity index (χ4n) is 5.48. The zero-order valence-electron chi connectivity index (χ0n) is 27.5. The van der Waals surface area contributed by atoms with E-state index < -0.39 is 17.8 Å². The second-order valence-electron chi connectivity index (χ2n) is 11.3. The van der Waals surface area contributed by atoms with E-state index in [1.165, 1.54) is 30.2 Å². The Bertz CT molecular complexity index is 1840. The molecule has 0 saturated heterocycles. The van der Waals surface area contributed by atoms with Crippen molar-refractivity contribution in [3.8, 4) is 5.75 Å². The van der Waals surface area contributed by atoms with Crippen LogP contribution in [0.15, 0.2) is 89.5 Å². The summed E-state index contributed by atoms with van der Waals surface area (Å²) in [5.41, 5.74) is 3.02. The predicted octanol–water partition coefficient (Wildman–Crippen LogP) is 7.73. The lowest BCUT2D eigenvalue weighted by Gasteiger charge is -2.13. The first-order valence-electron chi connectivity index (χ1n) is 16.2. The van der Waals surface area contributed by atoms with E-state index in [0.717, 1.165) is 53.9 Å². The van der Waals surface area contributed by atoms with Crippen LogP contribution in [0.2, 0.25) is 0 Å². The lowest BCUT2D eigenvalue weighted by atomic mass is 9.96. The molecule has 1 aliphatic carbocycles. The SMILES string of the molecule is CCOC(=O)c1c(NC(=O)CSc2cccc(NC(=O)/C(=C\c3ccccc3OC)NC(=O)c3ccccc3)c2)sc2c1CCCCCC2. The summed E-state index contributed by atoms with van der Waals surface area (Å²) in [5.74, 6) is -0.975. The van der Waals surface area contributed by atoms with Crippen molar-refractivity contribution in [1.82, 2.24) is 5.32 Å². The quantitative estimate of drug-likeness (QED) is 0.0787. The molecule has 5 rings (SSSR count). The maximum Gasteiger partial charge on any atom is 0.341 e. The topological polar surface area (TPSA) is 123 Å². The molecule has 0 aliphatic heterocycles. The van der Waals surface area contributed by atoms with Crippen LogP contribution in [0.5, 0.6) is 5.75 Å². The third-order valence-electron chi connectivity index (χ3n) is 7.83. The summed E-state index contributed by atoms with van der Waals surface area (Å²) in [4.78, 5) is 54.6. The second kappa shape index (κ2) is 17.5. The molecule has 254 valence electrons. The van der Waals surface area contributed by atoms with Crippen molar-refractivity contribution in [3.63, 3.8) is 0 Å². The highest BCUT2D eigenvalue weighted by Crippen LogP contribution is 2.38. The van der Waals surface area contributed by atoms with Crippen molar-refractivity contribution in [2.45, 2.75) is 50.3 Å². The van der Waals surface area contributed by atoms with Crippen LogP contribution in [0.3, 0.4) is 0 Å². The molecule has 0 atom stereocenters. The van der Waals surface area contributed by atoms with E-state index in [4.69, 9.17) is 9.47 Å². The molecule has 0 unspecified atom stereocenters. The second-order valence-corrected chi connectivity index (χ2v) is 13.4. The van der Waals surface area contributed by atoms with Gasteiger partial charge in [0.25, 0.3) is 11.8 Å². The highest BCUT2D eigenvalue weighted by Gasteiger charge is 2.26. The van der Waals surface area contributed by atoms with Gasteiger partial charge in [-0.25, -0.2) is 4.79 Å². The number of nitrogens with one attached hydrogen (secondary N) is 3. The van der Waals surface area contributed by atoms with Gasteiger partial charge in [-0.3, -0.25) is 14.4 Å². The van der Waals surface area contributed by atoms with E-state index in [-0.39, 0.29) is 24.0 Å². The molecule has 3 aromatic carbocycles. The van der Waals surface area contributed by atoms with Crippen molar-refractivity contribution < 1.29 is 28.7 Å². The molecule has 9 nitrogen and oxygen atoms in total. The molecule has 0 bridgehead atoms. The summed E-state index contributed by atoms with van der Waals surface area (Å²) in [6.07, 6.45) is 7.60. The summed E-state index contributed by atoms with van der Waals surface area (Å²) in [6.45, 7) is 2.04. The number of esters is 1. The molecule has 11 heteroatoms. The number of methoxy groups -OCH3 is 1. The van der Waals surface area contributed by atoms with E-state index >= 15 is 0 Å². The standard InChI is InChI=1S/C38H39N3O6S2/c1-3-47-38(45)34-29-19-9-4-5-10-21-32(29)49-37(34)41-33(42)24-48-28-18-13-17-27(23-28)39-36(44)30(22-26-16-11-12-20-31(26)46-2)40-35(43)25-14-7-6-8-15-25/h6-8,11-18,20,22-23H,3-5,9-10,19,21,24H2,1-2H3,(H,39,44)(H,40,43)(H,41,42)/b30-22+. The van der Waals surface area contributed by atoms with Gasteiger partial charge in [-0.05, 0) is 80.6 Å². The minimum absolute atomic E-state index is 0.0262. The Morgan fingerprint density at radius 3 is 2.41 bits per heavy atom. The number of thiophene rings is 1. The van der Waals surface area contributed by atoms with Gasteiger partial charge in [-0.1, -0.05) is 55.3 Å². The number of benzene rings is 3. The van der Waals surface area contributed by atoms with Crippen molar-refractivity contribution in [2.24, 2.45) is 0 Å². The summed E-state index contributed by atoms with van der Waals surface area (Å²) in [6, 6.07) is 22.9. The Morgan fingerprint density at radius 1 is 0.878 bits per heavy atom. The average Bonchev–Trinajstić information content (AvgIpc) is 3.43. The van der Waals surface area contributed by atoms with E-state index in [9.17, 15) is 19.2 Å². The predicted molar refractivity (Wildman–Crippen MR) is 195 cm³/mol. The Labute approximate surface area is 294 Å². The normalized spacial score (nSPS) is 12.9. The van der Waals surface area contributed by atoms with E-state index in [0.29, 0.717) is 33.1 Å².